The van der Waals surface area contributed by atoms with Gasteiger partial charge in [-0.2, -0.15) is 0 Å². The normalized spacial score (nSPS) is 18.7. The lowest BCUT2D eigenvalue weighted by atomic mass is 9.98. The standard InChI is InChI=1S/C25H29FN4OS/c1-18-9-8-10-19(2)30(18)23(31)17-32-25-28-27-24(21-13-6-7-14-22(21)26)29(25)16-15-20-11-4-3-5-12-20/h3-7,11-14,18-19H,8-10,15-17H2,1-2H3/t18-,19-/m1/s1. The maximum Gasteiger partial charge on any atom is 0.233 e. The van der Waals surface area contributed by atoms with Gasteiger partial charge in [-0.15, -0.1) is 10.2 Å². The van der Waals surface area contributed by atoms with Crippen LogP contribution < -0.4 is 0 Å². The molecule has 0 N–H and O–H groups in total. The topological polar surface area (TPSA) is 51.0 Å². The van der Waals surface area contributed by atoms with Crippen molar-refractivity contribution in [1.29, 1.82) is 0 Å². The van der Waals surface area contributed by atoms with Crippen molar-refractivity contribution in [1.82, 2.24) is 19.7 Å². The highest BCUT2D eigenvalue weighted by Gasteiger charge is 2.29. The molecule has 1 saturated heterocycles. The van der Waals surface area contributed by atoms with Crippen molar-refractivity contribution >= 4 is 17.7 Å². The van der Waals surface area contributed by atoms with Crippen LogP contribution in [-0.2, 0) is 17.8 Å². The van der Waals surface area contributed by atoms with E-state index in [4.69, 9.17) is 0 Å². The van der Waals surface area contributed by atoms with Crippen LogP contribution in [0.2, 0.25) is 0 Å². The number of piperidine rings is 1. The number of carbonyl (C=O) groups excluding carboxylic acids is 1. The molecule has 0 saturated carbocycles. The summed E-state index contributed by atoms with van der Waals surface area (Å²) >= 11 is 1.39. The van der Waals surface area contributed by atoms with Crippen molar-refractivity contribution < 1.29 is 9.18 Å². The molecule has 2 heterocycles. The fraction of sp³-hybridized carbons (Fsp3) is 0.400. The van der Waals surface area contributed by atoms with Crippen LogP contribution in [0, 0.1) is 5.82 Å². The quantitative estimate of drug-likeness (QED) is 0.462. The summed E-state index contributed by atoms with van der Waals surface area (Å²) in [5.41, 5.74) is 1.60. The number of halogens is 1. The molecule has 4 rings (SSSR count). The minimum absolute atomic E-state index is 0.125. The fourth-order valence-corrected chi connectivity index (χ4v) is 5.27. The lowest BCUT2D eigenvalue weighted by molar-refractivity contribution is -0.134. The van der Waals surface area contributed by atoms with Gasteiger partial charge >= 0.3 is 0 Å². The zero-order chi connectivity index (χ0) is 22.5. The number of hydrogen-bond donors (Lipinski definition) is 0. The molecule has 1 amide bonds. The molecule has 32 heavy (non-hydrogen) atoms. The first kappa shape index (κ1) is 22.5. The molecule has 7 heteroatoms. The molecule has 3 aromatic rings. The highest BCUT2D eigenvalue weighted by molar-refractivity contribution is 7.99. The molecular weight excluding hydrogens is 423 g/mol. The molecule has 168 valence electrons. The Labute approximate surface area is 193 Å². The molecule has 0 bridgehead atoms. The molecule has 1 aliphatic heterocycles. The lowest BCUT2D eigenvalue weighted by Crippen LogP contribution is -2.48. The van der Waals surface area contributed by atoms with Gasteiger partial charge in [0, 0.05) is 18.6 Å². The van der Waals surface area contributed by atoms with E-state index in [1.165, 1.54) is 29.8 Å². The van der Waals surface area contributed by atoms with Gasteiger partial charge in [0.15, 0.2) is 11.0 Å². The van der Waals surface area contributed by atoms with Crippen LogP contribution >= 0.6 is 11.8 Å². The van der Waals surface area contributed by atoms with E-state index < -0.39 is 0 Å². The Balaban J connectivity index is 1.55. The number of likely N-dealkylation sites (tertiary alicyclic amines) is 1. The number of carbonyl (C=O) groups is 1. The molecule has 5 nitrogen and oxygen atoms in total. The average molecular weight is 453 g/mol. The predicted molar refractivity (Wildman–Crippen MR) is 126 cm³/mol. The third-order valence-corrected chi connectivity index (χ3v) is 7.06. The van der Waals surface area contributed by atoms with Crippen LogP contribution in [0.5, 0.6) is 0 Å². The van der Waals surface area contributed by atoms with Gasteiger partial charge in [0.05, 0.1) is 11.3 Å². The van der Waals surface area contributed by atoms with E-state index in [0.717, 1.165) is 19.3 Å². The Hall–Kier alpha value is -2.67. The Bertz CT molecular complexity index is 1050. The van der Waals surface area contributed by atoms with E-state index in [1.54, 1.807) is 18.2 Å². The van der Waals surface area contributed by atoms with Crippen molar-refractivity contribution in [3.63, 3.8) is 0 Å². The van der Waals surface area contributed by atoms with E-state index in [9.17, 15) is 9.18 Å². The van der Waals surface area contributed by atoms with Crippen LogP contribution in [0.25, 0.3) is 11.4 Å². The van der Waals surface area contributed by atoms with Gasteiger partial charge in [0.1, 0.15) is 5.82 Å². The summed E-state index contributed by atoms with van der Waals surface area (Å²) < 4.78 is 16.5. The van der Waals surface area contributed by atoms with Gasteiger partial charge in [-0.1, -0.05) is 54.2 Å². The van der Waals surface area contributed by atoms with Crippen molar-refractivity contribution in [2.45, 2.75) is 63.3 Å². The summed E-state index contributed by atoms with van der Waals surface area (Å²) in [4.78, 5) is 15.0. The number of aryl methyl sites for hydroxylation is 1. The maximum atomic E-state index is 14.5. The Morgan fingerprint density at radius 2 is 1.72 bits per heavy atom. The summed E-state index contributed by atoms with van der Waals surface area (Å²) in [5.74, 6) is 0.591. The van der Waals surface area contributed by atoms with Crippen molar-refractivity contribution in [2.75, 3.05) is 5.75 Å². The molecule has 1 aliphatic rings. The number of amides is 1. The van der Waals surface area contributed by atoms with Crippen LogP contribution in [0.3, 0.4) is 0 Å². The fourth-order valence-electron chi connectivity index (χ4n) is 4.44. The second kappa shape index (κ2) is 10.3. The first-order valence-corrected chi connectivity index (χ1v) is 12.2. The summed E-state index contributed by atoms with van der Waals surface area (Å²) in [5, 5.41) is 9.29. The zero-order valence-electron chi connectivity index (χ0n) is 18.6. The Morgan fingerprint density at radius 3 is 2.44 bits per heavy atom. The Morgan fingerprint density at radius 1 is 1.03 bits per heavy atom. The van der Waals surface area contributed by atoms with Gasteiger partial charge < -0.3 is 9.47 Å². The highest BCUT2D eigenvalue weighted by Crippen LogP contribution is 2.28. The first-order chi connectivity index (χ1) is 15.5. The smallest absolute Gasteiger partial charge is 0.233 e. The largest absolute Gasteiger partial charge is 0.337 e. The maximum absolute atomic E-state index is 14.5. The SMILES string of the molecule is C[C@@H]1CCC[C@@H](C)N1C(=O)CSc1nnc(-c2ccccc2F)n1CCc1ccccc1. The summed E-state index contributed by atoms with van der Waals surface area (Å²) in [6.45, 7) is 4.85. The van der Waals surface area contributed by atoms with Crippen LogP contribution in [0.15, 0.2) is 59.8 Å². The minimum Gasteiger partial charge on any atom is -0.337 e. The van der Waals surface area contributed by atoms with E-state index in [0.29, 0.717) is 28.8 Å². The molecule has 1 aromatic heterocycles. The number of rotatable bonds is 7. The monoisotopic (exact) mass is 452 g/mol. The van der Waals surface area contributed by atoms with Crippen LogP contribution in [0.4, 0.5) is 4.39 Å². The second-order valence-corrected chi connectivity index (χ2v) is 9.33. The third kappa shape index (κ3) is 5.04. The molecule has 0 unspecified atom stereocenters. The van der Waals surface area contributed by atoms with Crippen LogP contribution in [0.1, 0.15) is 38.7 Å². The summed E-state index contributed by atoms with van der Waals surface area (Å²) in [6.07, 6.45) is 4.03. The molecular formula is C25H29FN4OS. The van der Waals surface area contributed by atoms with Gasteiger partial charge in [-0.25, -0.2) is 4.39 Å². The number of benzene rings is 2. The molecule has 0 radical (unpaired) electrons. The molecule has 1 fully saturated rings. The summed E-state index contributed by atoms with van der Waals surface area (Å²) in [7, 11) is 0. The van der Waals surface area contributed by atoms with E-state index in [1.807, 2.05) is 27.7 Å². The molecule has 2 aromatic carbocycles. The number of thioether (sulfide) groups is 1. The van der Waals surface area contributed by atoms with Gasteiger partial charge in [0.2, 0.25) is 5.91 Å². The minimum atomic E-state index is -0.329. The van der Waals surface area contributed by atoms with E-state index in [2.05, 4.69) is 36.2 Å². The van der Waals surface area contributed by atoms with Crippen molar-refractivity contribution in [3.8, 4) is 11.4 Å². The van der Waals surface area contributed by atoms with Crippen molar-refractivity contribution in [3.05, 3.63) is 66.0 Å². The molecule has 2 atom stereocenters. The van der Waals surface area contributed by atoms with Gasteiger partial charge in [-0.3, -0.25) is 4.79 Å². The summed E-state index contributed by atoms with van der Waals surface area (Å²) in [6, 6.07) is 17.3. The van der Waals surface area contributed by atoms with Crippen molar-refractivity contribution in [2.24, 2.45) is 0 Å². The molecule has 0 aliphatic carbocycles. The second-order valence-electron chi connectivity index (χ2n) is 8.39. The number of aromatic nitrogens is 3. The highest BCUT2D eigenvalue weighted by atomic mass is 32.2. The zero-order valence-corrected chi connectivity index (χ0v) is 19.4. The number of nitrogens with zero attached hydrogens (tertiary/aromatic N) is 4. The van der Waals surface area contributed by atoms with Gasteiger partial charge in [-0.05, 0) is 57.2 Å². The Kier molecular flexibility index (Phi) is 7.25. The van der Waals surface area contributed by atoms with E-state index >= 15 is 0 Å². The first-order valence-electron chi connectivity index (χ1n) is 11.2. The van der Waals surface area contributed by atoms with Crippen LogP contribution in [-0.4, -0.2) is 43.4 Å². The predicted octanol–water partition coefficient (Wildman–Crippen LogP) is 5.21. The lowest BCUT2D eigenvalue weighted by Gasteiger charge is -2.39. The third-order valence-electron chi connectivity index (χ3n) is 6.10. The number of hydrogen-bond acceptors (Lipinski definition) is 4. The van der Waals surface area contributed by atoms with Gasteiger partial charge in [0.25, 0.3) is 0 Å². The average Bonchev–Trinajstić information content (AvgIpc) is 3.19. The molecule has 0 spiro atoms. The van der Waals surface area contributed by atoms with E-state index in [-0.39, 0.29) is 23.8 Å².